The molecule has 0 saturated carbocycles. The van der Waals surface area contributed by atoms with Crippen LogP contribution in [0.2, 0.25) is 0 Å². The summed E-state index contributed by atoms with van der Waals surface area (Å²) in [4.78, 5) is 44.1. The maximum atomic E-state index is 12.7. The molecule has 3 aromatic rings. The lowest BCUT2D eigenvalue weighted by atomic mass is 10.1. The van der Waals surface area contributed by atoms with Crippen LogP contribution in [-0.2, 0) is 28.9 Å². The second-order valence-electron chi connectivity index (χ2n) is 7.84. The molecule has 2 aliphatic heterocycles. The van der Waals surface area contributed by atoms with Crippen molar-refractivity contribution in [1.29, 1.82) is 0 Å². The molecule has 0 spiro atoms. The first-order valence-electron chi connectivity index (χ1n) is 10.1. The van der Waals surface area contributed by atoms with Crippen LogP contribution >= 0.6 is 0 Å². The normalized spacial score (nSPS) is 17.1. The van der Waals surface area contributed by atoms with E-state index in [1.807, 2.05) is 31.2 Å². The molecule has 0 saturated heterocycles. The number of esters is 1. The van der Waals surface area contributed by atoms with E-state index in [4.69, 9.17) is 4.74 Å². The summed E-state index contributed by atoms with van der Waals surface area (Å²) in [6, 6.07) is 12.5. The van der Waals surface area contributed by atoms with Crippen molar-refractivity contribution in [2.45, 2.75) is 38.8 Å². The van der Waals surface area contributed by atoms with Gasteiger partial charge in [-0.3, -0.25) is 14.2 Å². The van der Waals surface area contributed by atoms with Crippen molar-refractivity contribution < 1.29 is 14.3 Å². The fraction of sp³-hybridized carbons (Fsp3) is 0.304. The molecule has 0 fully saturated rings. The van der Waals surface area contributed by atoms with Gasteiger partial charge in [0.25, 0.3) is 11.5 Å². The molecule has 0 N–H and O–H groups in total. The van der Waals surface area contributed by atoms with Gasteiger partial charge in [0, 0.05) is 24.7 Å². The smallest absolute Gasteiger partial charge is 0.338 e. The van der Waals surface area contributed by atoms with Crippen molar-refractivity contribution >= 4 is 28.5 Å². The Hall–Kier alpha value is -3.48. The Morgan fingerprint density at radius 2 is 2.03 bits per heavy atom. The summed E-state index contributed by atoms with van der Waals surface area (Å²) in [5.74, 6) is -0.113. The van der Waals surface area contributed by atoms with E-state index in [1.54, 1.807) is 27.7 Å². The minimum absolute atomic E-state index is 0.0218. The predicted octanol–water partition coefficient (Wildman–Crippen LogP) is 2.48. The topological polar surface area (TPSA) is 81.5 Å². The van der Waals surface area contributed by atoms with E-state index in [1.165, 1.54) is 0 Å². The van der Waals surface area contributed by atoms with Crippen molar-refractivity contribution in [3.05, 3.63) is 69.8 Å². The van der Waals surface area contributed by atoms with Crippen molar-refractivity contribution in [1.82, 2.24) is 9.55 Å². The average Bonchev–Trinajstić information content (AvgIpc) is 3.35. The number of benzene rings is 2. The number of aromatic nitrogens is 2. The van der Waals surface area contributed by atoms with Gasteiger partial charge >= 0.3 is 5.97 Å². The van der Waals surface area contributed by atoms with Crippen LogP contribution in [-0.4, -0.2) is 34.1 Å². The maximum absolute atomic E-state index is 12.7. The lowest BCUT2D eigenvalue weighted by Crippen LogP contribution is -2.38. The number of hydrogen-bond donors (Lipinski definition) is 0. The van der Waals surface area contributed by atoms with Crippen LogP contribution in [0.5, 0.6) is 0 Å². The zero-order valence-electron chi connectivity index (χ0n) is 16.6. The van der Waals surface area contributed by atoms with E-state index in [0.717, 1.165) is 36.3 Å². The van der Waals surface area contributed by atoms with E-state index in [-0.39, 0.29) is 29.7 Å². The minimum Gasteiger partial charge on any atom is -0.452 e. The maximum Gasteiger partial charge on any atom is 0.338 e. The Morgan fingerprint density at radius 1 is 1.20 bits per heavy atom. The molecule has 30 heavy (non-hydrogen) atoms. The number of fused-ring (bicyclic) bond motifs is 3. The number of nitrogens with zero attached hydrogens (tertiary/aromatic N) is 3. The zero-order valence-corrected chi connectivity index (χ0v) is 16.6. The third kappa shape index (κ3) is 2.98. The first-order valence-corrected chi connectivity index (χ1v) is 10.1. The third-order valence-electron chi connectivity index (χ3n) is 5.85. The largest absolute Gasteiger partial charge is 0.452 e. The van der Waals surface area contributed by atoms with Crippen LogP contribution in [0, 0.1) is 0 Å². The minimum atomic E-state index is -0.604. The standard InChI is InChI=1S/C23H21N3O4/c1-14-11-15-5-2-3-6-19(15)26(14)21(27)13-30-23(29)16-8-9-17-18(12-16)24-20-7-4-10-25(20)22(17)28/h2-3,5-6,8-9,12,14H,4,7,10-11,13H2,1H3/t14-/m1/s1. The van der Waals surface area contributed by atoms with Crippen molar-refractivity contribution in [3.8, 4) is 0 Å². The number of hydrogen-bond acceptors (Lipinski definition) is 5. The molecule has 0 bridgehead atoms. The van der Waals surface area contributed by atoms with E-state index in [9.17, 15) is 14.4 Å². The van der Waals surface area contributed by atoms with Crippen LogP contribution in [0.3, 0.4) is 0 Å². The summed E-state index contributed by atoms with van der Waals surface area (Å²) in [6.45, 7) is 2.32. The van der Waals surface area contributed by atoms with E-state index >= 15 is 0 Å². The molecular formula is C23H21N3O4. The Bertz CT molecular complexity index is 1250. The Labute approximate surface area is 172 Å². The fourth-order valence-electron chi connectivity index (χ4n) is 4.44. The molecule has 1 amide bonds. The molecule has 0 unspecified atom stereocenters. The first-order chi connectivity index (χ1) is 14.5. The molecule has 1 aromatic heterocycles. The van der Waals surface area contributed by atoms with Gasteiger partial charge in [-0.25, -0.2) is 9.78 Å². The number of rotatable bonds is 3. The van der Waals surface area contributed by atoms with Gasteiger partial charge < -0.3 is 9.64 Å². The van der Waals surface area contributed by atoms with Gasteiger partial charge in [0.05, 0.1) is 16.5 Å². The highest BCUT2D eigenvalue weighted by molar-refractivity contribution is 6.00. The van der Waals surface area contributed by atoms with Gasteiger partial charge in [-0.2, -0.15) is 0 Å². The molecule has 0 radical (unpaired) electrons. The first kappa shape index (κ1) is 18.5. The molecule has 3 heterocycles. The summed E-state index contributed by atoms with van der Waals surface area (Å²) in [6.07, 6.45) is 2.43. The van der Waals surface area contributed by atoms with Gasteiger partial charge in [0.1, 0.15) is 5.82 Å². The number of anilines is 1. The number of carbonyl (C=O) groups excluding carboxylic acids is 2. The molecular weight excluding hydrogens is 382 g/mol. The average molecular weight is 403 g/mol. The lowest BCUT2D eigenvalue weighted by molar-refractivity contribution is -0.122. The Balaban J connectivity index is 1.33. The highest BCUT2D eigenvalue weighted by Gasteiger charge is 2.31. The summed E-state index contributed by atoms with van der Waals surface area (Å²) >= 11 is 0. The molecule has 2 aromatic carbocycles. The summed E-state index contributed by atoms with van der Waals surface area (Å²) in [5.41, 5.74) is 2.67. The Kier molecular flexibility index (Phi) is 4.38. The number of aryl methyl sites for hydroxylation is 1. The summed E-state index contributed by atoms with van der Waals surface area (Å²) in [7, 11) is 0. The molecule has 2 aliphatic rings. The number of carbonyl (C=O) groups is 2. The van der Waals surface area contributed by atoms with Crippen molar-refractivity contribution in [2.75, 3.05) is 11.5 Å². The van der Waals surface area contributed by atoms with Crippen LogP contribution in [0.1, 0.15) is 35.1 Å². The van der Waals surface area contributed by atoms with Crippen LogP contribution in [0.4, 0.5) is 5.69 Å². The van der Waals surface area contributed by atoms with E-state index < -0.39 is 5.97 Å². The summed E-state index contributed by atoms with van der Waals surface area (Å²) in [5, 5.41) is 0.482. The van der Waals surface area contributed by atoms with E-state index in [2.05, 4.69) is 4.98 Å². The van der Waals surface area contributed by atoms with Gasteiger partial charge in [0.2, 0.25) is 0 Å². The van der Waals surface area contributed by atoms with Crippen LogP contribution < -0.4 is 10.5 Å². The number of amides is 1. The monoisotopic (exact) mass is 403 g/mol. The zero-order chi connectivity index (χ0) is 20.8. The van der Waals surface area contributed by atoms with Gasteiger partial charge in [-0.05, 0) is 49.6 Å². The highest BCUT2D eigenvalue weighted by atomic mass is 16.5. The molecule has 7 heteroatoms. The second kappa shape index (κ2) is 7.09. The number of ether oxygens (including phenoxy) is 1. The third-order valence-corrected chi connectivity index (χ3v) is 5.85. The molecule has 7 nitrogen and oxygen atoms in total. The van der Waals surface area contributed by atoms with Gasteiger partial charge in [-0.15, -0.1) is 0 Å². The van der Waals surface area contributed by atoms with Crippen molar-refractivity contribution in [2.24, 2.45) is 0 Å². The summed E-state index contributed by atoms with van der Waals surface area (Å²) < 4.78 is 6.98. The van der Waals surface area contributed by atoms with Gasteiger partial charge in [-0.1, -0.05) is 18.2 Å². The molecule has 0 aliphatic carbocycles. The highest BCUT2D eigenvalue weighted by Crippen LogP contribution is 2.31. The molecule has 5 rings (SSSR count). The van der Waals surface area contributed by atoms with Gasteiger partial charge in [0.15, 0.2) is 6.61 Å². The van der Waals surface area contributed by atoms with E-state index in [0.29, 0.717) is 17.4 Å². The predicted molar refractivity (Wildman–Crippen MR) is 112 cm³/mol. The van der Waals surface area contributed by atoms with Crippen LogP contribution in [0.15, 0.2) is 47.3 Å². The molecule has 1 atom stereocenters. The second-order valence-corrected chi connectivity index (χ2v) is 7.84. The molecule has 152 valence electrons. The Morgan fingerprint density at radius 3 is 2.90 bits per heavy atom. The van der Waals surface area contributed by atoms with Crippen LogP contribution in [0.25, 0.3) is 10.9 Å². The fourth-order valence-corrected chi connectivity index (χ4v) is 4.44. The lowest BCUT2D eigenvalue weighted by Gasteiger charge is -2.22. The SMILES string of the molecule is C[C@@H]1Cc2ccccc2N1C(=O)COC(=O)c1ccc2c(=O)n3c(nc2c1)CCC3. The quantitative estimate of drug-likeness (QED) is 0.628. The van der Waals surface area contributed by atoms with Crippen molar-refractivity contribution in [3.63, 3.8) is 0 Å². The number of para-hydroxylation sites is 1.